The van der Waals surface area contributed by atoms with Gasteiger partial charge >= 0.3 is 0 Å². The Morgan fingerprint density at radius 3 is 1.57 bits per heavy atom. The summed E-state index contributed by atoms with van der Waals surface area (Å²) in [5.41, 5.74) is 5.52. The normalized spacial score (nSPS) is 12.4. The lowest BCUT2D eigenvalue weighted by Gasteiger charge is -2.09. The molecule has 0 bridgehead atoms. The molecule has 23 heavy (non-hydrogen) atoms. The third kappa shape index (κ3) is 20.2. The van der Waals surface area contributed by atoms with Crippen molar-refractivity contribution in [1.29, 1.82) is 0 Å². The summed E-state index contributed by atoms with van der Waals surface area (Å²) in [5.74, 6) is 1.84. The van der Waals surface area contributed by atoms with E-state index in [2.05, 4.69) is 13.8 Å². The summed E-state index contributed by atoms with van der Waals surface area (Å²) in [6.07, 6.45) is 21.4. The number of thioether (sulfide) groups is 1. The van der Waals surface area contributed by atoms with E-state index >= 15 is 0 Å². The van der Waals surface area contributed by atoms with Crippen LogP contribution in [-0.2, 0) is 0 Å². The molecule has 1 atom stereocenters. The van der Waals surface area contributed by atoms with Gasteiger partial charge in [-0.15, -0.1) is 0 Å². The molecule has 3 heteroatoms. The zero-order valence-electron chi connectivity index (χ0n) is 15.8. The van der Waals surface area contributed by atoms with E-state index in [1.54, 1.807) is 11.8 Å². The highest BCUT2D eigenvalue weighted by Gasteiger charge is 2.03. The molecule has 0 aliphatic heterocycles. The van der Waals surface area contributed by atoms with Gasteiger partial charge in [0, 0.05) is 5.75 Å². The minimum absolute atomic E-state index is 0.595. The topological polar surface area (TPSA) is 26.0 Å². The van der Waals surface area contributed by atoms with Crippen molar-refractivity contribution in [2.45, 2.75) is 110 Å². The lowest BCUT2D eigenvalue weighted by Crippen LogP contribution is -2.07. The van der Waals surface area contributed by atoms with E-state index in [0.717, 1.165) is 11.7 Å². The van der Waals surface area contributed by atoms with Crippen molar-refractivity contribution in [2.24, 2.45) is 11.7 Å². The van der Waals surface area contributed by atoms with Crippen molar-refractivity contribution >= 4 is 28.3 Å². The van der Waals surface area contributed by atoms with E-state index in [1.807, 2.05) is 0 Å². The summed E-state index contributed by atoms with van der Waals surface area (Å²) in [5, 5.41) is 0. The molecule has 0 aliphatic carbocycles. The summed E-state index contributed by atoms with van der Waals surface area (Å²) in [6, 6.07) is 0. The second-order valence-electron chi connectivity index (χ2n) is 7.12. The smallest absolute Gasteiger partial charge is 0.131 e. The zero-order valence-corrected chi connectivity index (χ0v) is 17.4. The standard InChI is InChI=1S/C20H41NS2/c1-3-4-5-6-7-8-9-10-11-12-13-14-15-16-17-19(2)18-23-20(21)22/h19H,3-18H2,1-2H3,(H2,21,22). The first-order valence-electron chi connectivity index (χ1n) is 10.1. The molecule has 0 amide bonds. The van der Waals surface area contributed by atoms with Crippen LogP contribution in [0.5, 0.6) is 0 Å². The first-order chi connectivity index (χ1) is 11.2. The quantitative estimate of drug-likeness (QED) is 0.215. The highest BCUT2D eigenvalue weighted by molar-refractivity contribution is 8.22. The molecule has 0 saturated carbocycles. The minimum atomic E-state index is 0.595. The lowest BCUT2D eigenvalue weighted by atomic mass is 10.0. The summed E-state index contributed by atoms with van der Waals surface area (Å²) in [4.78, 5) is 0. The second-order valence-corrected chi connectivity index (χ2v) is 8.88. The van der Waals surface area contributed by atoms with Gasteiger partial charge in [-0.2, -0.15) is 0 Å². The van der Waals surface area contributed by atoms with Crippen LogP contribution >= 0.6 is 24.0 Å². The van der Waals surface area contributed by atoms with Gasteiger partial charge < -0.3 is 5.73 Å². The fraction of sp³-hybridized carbons (Fsp3) is 0.950. The predicted molar refractivity (Wildman–Crippen MR) is 113 cm³/mol. The average Bonchev–Trinajstić information content (AvgIpc) is 2.53. The van der Waals surface area contributed by atoms with Crippen LogP contribution in [0.15, 0.2) is 0 Å². The Kier molecular flexibility index (Phi) is 18.8. The largest absolute Gasteiger partial charge is 0.385 e. The van der Waals surface area contributed by atoms with E-state index in [0.29, 0.717) is 4.32 Å². The first-order valence-corrected chi connectivity index (χ1v) is 11.5. The van der Waals surface area contributed by atoms with E-state index in [-0.39, 0.29) is 0 Å². The Morgan fingerprint density at radius 2 is 1.17 bits per heavy atom. The molecule has 0 spiro atoms. The van der Waals surface area contributed by atoms with Crippen LogP contribution in [-0.4, -0.2) is 10.1 Å². The summed E-state index contributed by atoms with van der Waals surface area (Å²) >= 11 is 6.53. The molecule has 1 nitrogen and oxygen atoms in total. The molecule has 0 saturated heterocycles. The Balaban J connectivity index is 3.09. The van der Waals surface area contributed by atoms with Gasteiger partial charge in [0.2, 0.25) is 0 Å². The molecule has 0 aromatic rings. The highest BCUT2D eigenvalue weighted by atomic mass is 32.2. The van der Waals surface area contributed by atoms with Crippen LogP contribution in [0.1, 0.15) is 110 Å². The van der Waals surface area contributed by atoms with Gasteiger partial charge in [-0.3, -0.25) is 0 Å². The van der Waals surface area contributed by atoms with Crippen LogP contribution in [0.2, 0.25) is 0 Å². The van der Waals surface area contributed by atoms with Crippen molar-refractivity contribution in [3.8, 4) is 0 Å². The molecule has 0 heterocycles. The van der Waals surface area contributed by atoms with Gasteiger partial charge in [-0.05, 0) is 12.3 Å². The van der Waals surface area contributed by atoms with Gasteiger partial charge in [0.05, 0.1) is 0 Å². The highest BCUT2D eigenvalue weighted by Crippen LogP contribution is 2.17. The van der Waals surface area contributed by atoms with E-state index < -0.39 is 0 Å². The maximum atomic E-state index is 5.52. The van der Waals surface area contributed by atoms with Gasteiger partial charge in [0.25, 0.3) is 0 Å². The second kappa shape index (κ2) is 18.6. The van der Waals surface area contributed by atoms with E-state index in [4.69, 9.17) is 18.0 Å². The number of nitrogens with two attached hydrogens (primary N) is 1. The maximum absolute atomic E-state index is 5.52. The van der Waals surface area contributed by atoms with Crippen molar-refractivity contribution in [1.82, 2.24) is 0 Å². The summed E-state index contributed by atoms with van der Waals surface area (Å²) < 4.78 is 0.595. The molecule has 0 aliphatic rings. The molecule has 0 aromatic heterocycles. The van der Waals surface area contributed by atoms with Gasteiger partial charge in [0.15, 0.2) is 0 Å². The third-order valence-corrected chi connectivity index (χ3v) is 5.93. The number of hydrogen-bond acceptors (Lipinski definition) is 2. The van der Waals surface area contributed by atoms with Crippen molar-refractivity contribution in [3.05, 3.63) is 0 Å². The van der Waals surface area contributed by atoms with Crippen molar-refractivity contribution in [3.63, 3.8) is 0 Å². The Hall–Kier alpha value is 0.240. The molecule has 138 valence electrons. The fourth-order valence-corrected chi connectivity index (χ4v) is 3.81. The van der Waals surface area contributed by atoms with Crippen molar-refractivity contribution < 1.29 is 0 Å². The molecule has 0 radical (unpaired) electrons. The summed E-state index contributed by atoms with van der Waals surface area (Å²) in [7, 11) is 0. The molecular weight excluding hydrogens is 318 g/mol. The Labute approximate surface area is 155 Å². The minimum Gasteiger partial charge on any atom is -0.385 e. The molecule has 0 aromatic carbocycles. The van der Waals surface area contributed by atoms with Crippen LogP contribution in [0.25, 0.3) is 0 Å². The van der Waals surface area contributed by atoms with E-state index in [9.17, 15) is 0 Å². The Bertz CT molecular complexity index is 256. The molecule has 0 rings (SSSR count). The van der Waals surface area contributed by atoms with Gasteiger partial charge in [0.1, 0.15) is 4.32 Å². The number of thiocarbonyl (C=S) groups is 1. The van der Waals surface area contributed by atoms with Crippen LogP contribution < -0.4 is 5.73 Å². The maximum Gasteiger partial charge on any atom is 0.131 e. The predicted octanol–water partition coefficient (Wildman–Crippen LogP) is 7.47. The SMILES string of the molecule is CCCCCCCCCCCCCCCCC(C)CSC(N)=S. The molecule has 1 unspecified atom stereocenters. The number of unbranched alkanes of at least 4 members (excludes halogenated alkanes) is 13. The third-order valence-electron chi connectivity index (χ3n) is 4.56. The molecule has 0 fully saturated rings. The number of hydrogen-bond donors (Lipinski definition) is 1. The average molecular weight is 360 g/mol. The van der Waals surface area contributed by atoms with Crippen LogP contribution in [0.3, 0.4) is 0 Å². The first kappa shape index (κ1) is 23.2. The summed E-state index contributed by atoms with van der Waals surface area (Å²) in [6.45, 7) is 4.60. The van der Waals surface area contributed by atoms with Gasteiger partial charge in [-0.25, -0.2) is 0 Å². The molecule has 2 N–H and O–H groups in total. The monoisotopic (exact) mass is 359 g/mol. The molecular formula is C20H41NS2. The lowest BCUT2D eigenvalue weighted by molar-refractivity contribution is 0.506. The Morgan fingerprint density at radius 1 is 0.783 bits per heavy atom. The van der Waals surface area contributed by atoms with Gasteiger partial charge in [-0.1, -0.05) is 128 Å². The number of rotatable bonds is 17. The van der Waals surface area contributed by atoms with E-state index in [1.165, 1.54) is 96.3 Å². The van der Waals surface area contributed by atoms with Crippen LogP contribution in [0.4, 0.5) is 0 Å². The zero-order chi connectivity index (χ0) is 17.2. The van der Waals surface area contributed by atoms with Crippen LogP contribution in [0, 0.1) is 5.92 Å². The fourth-order valence-electron chi connectivity index (χ4n) is 3.00. The van der Waals surface area contributed by atoms with Crippen molar-refractivity contribution in [2.75, 3.05) is 5.75 Å².